The third kappa shape index (κ3) is 2.66. The van der Waals surface area contributed by atoms with Gasteiger partial charge in [0.2, 0.25) is 0 Å². The van der Waals surface area contributed by atoms with Crippen molar-refractivity contribution in [1.82, 2.24) is 20.4 Å². The minimum Gasteiger partial charge on any atom is -0.336 e. The number of likely N-dealkylation sites (N-methyl/N-ethyl adjacent to an activating group) is 1. The van der Waals surface area contributed by atoms with Gasteiger partial charge in [-0.3, -0.25) is 9.89 Å². The van der Waals surface area contributed by atoms with E-state index in [1.807, 2.05) is 24.9 Å². The number of carbonyl (C=O) groups is 1. The minimum absolute atomic E-state index is 0.0425. The van der Waals surface area contributed by atoms with Crippen LogP contribution >= 0.6 is 0 Å². The molecule has 0 aliphatic carbocycles. The second-order valence-corrected chi connectivity index (χ2v) is 4.51. The Morgan fingerprint density at radius 1 is 1.71 bits per heavy atom. The average Bonchev–Trinajstić information content (AvgIpc) is 2.86. The molecule has 0 radical (unpaired) electrons. The van der Waals surface area contributed by atoms with Gasteiger partial charge < -0.3 is 10.2 Å². The summed E-state index contributed by atoms with van der Waals surface area (Å²) >= 11 is 0. The van der Waals surface area contributed by atoms with Crippen LogP contribution in [-0.2, 0) is 6.42 Å². The van der Waals surface area contributed by atoms with E-state index >= 15 is 0 Å². The Morgan fingerprint density at radius 2 is 2.53 bits per heavy atom. The standard InChI is InChI=1S/C12H20N4O/c1-3-9-7-11(15-14-9)12(17)16-6-4-5-10(8-16)13-2/h7,10,13H,3-6,8H2,1-2H3,(H,14,15)/t10-/m0/s1. The van der Waals surface area contributed by atoms with Crippen molar-refractivity contribution in [2.24, 2.45) is 0 Å². The highest BCUT2D eigenvalue weighted by atomic mass is 16.2. The normalized spacial score (nSPS) is 20.6. The molecule has 1 aromatic heterocycles. The third-order valence-electron chi connectivity index (χ3n) is 3.35. The van der Waals surface area contributed by atoms with Crippen molar-refractivity contribution in [3.63, 3.8) is 0 Å². The summed E-state index contributed by atoms with van der Waals surface area (Å²) in [5.41, 5.74) is 1.55. The van der Waals surface area contributed by atoms with Gasteiger partial charge in [0.25, 0.3) is 5.91 Å². The molecule has 0 saturated carbocycles. The Labute approximate surface area is 102 Å². The number of nitrogens with one attached hydrogen (secondary N) is 2. The highest BCUT2D eigenvalue weighted by Crippen LogP contribution is 2.13. The van der Waals surface area contributed by atoms with Crippen LogP contribution < -0.4 is 5.32 Å². The SMILES string of the molecule is CCc1cc(C(=O)N2CCC[C@H](NC)C2)n[nH]1. The number of amides is 1. The summed E-state index contributed by atoms with van der Waals surface area (Å²) in [5.74, 6) is 0.0425. The number of nitrogens with zero attached hydrogens (tertiary/aromatic N) is 2. The topological polar surface area (TPSA) is 61.0 Å². The van der Waals surface area contributed by atoms with E-state index in [4.69, 9.17) is 0 Å². The summed E-state index contributed by atoms with van der Waals surface area (Å²) in [6.45, 7) is 3.66. The zero-order valence-electron chi connectivity index (χ0n) is 10.5. The van der Waals surface area contributed by atoms with Gasteiger partial charge in [-0.05, 0) is 32.4 Å². The molecule has 1 fully saturated rings. The Morgan fingerprint density at radius 3 is 3.18 bits per heavy atom. The lowest BCUT2D eigenvalue weighted by Gasteiger charge is -2.32. The van der Waals surface area contributed by atoms with Gasteiger partial charge >= 0.3 is 0 Å². The van der Waals surface area contributed by atoms with Gasteiger partial charge in [-0.25, -0.2) is 0 Å². The molecular weight excluding hydrogens is 216 g/mol. The van der Waals surface area contributed by atoms with E-state index in [1.165, 1.54) is 0 Å². The number of likely N-dealkylation sites (tertiary alicyclic amines) is 1. The highest BCUT2D eigenvalue weighted by Gasteiger charge is 2.24. The quantitative estimate of drug-likeness (QED) is 0.816. The highest BCUT2D eigenvalue weighted by molar-refractivity contribution is 5.92. The summed E-state index contributed by atoms with van der Waals surface area (Å²) in [6.07, 6.45) is 3.07. The smallest absolute Gasteiger partial charge is 0.274 e. The Bertz CT molecular complexity index is 388. The van der Waals surface area contributed by atoms with Crippen LogP contribution in [0, 0.1) is 0 Å². The van der Waals surface area contributed by atoms with Crippen molar-refractivity contribution in [1.29, 1.82) is 0 Å². The van der Waals surface area contributed by atoms with Gasteiger partial charge in [-0.1, -0.05) is 6.92 Å². The molecule has 17 heavy (non-hydrogen) atoms. The molecule has 1 aliphatic heterocycles. The Kier molecular flexibility index (Phi) is 3.78. The molecule has 0 aromatic carbocycles. The summed E-state index contributed by atoms with van der Waals surface area (Å²) in [5, 5.41) is 10.2. The monoisotopic (exact) mass is 236 g/mol. The first-order chi connectivity index (χ1) is 8.24. The molecule has 1 saturated heterocycles. The largest absolute Gasteiger partial charge is 0.336 e. The zero-order chi connectivity index (χ0) is 12.3. The van der Waals surface area contributed by atoms with E-state index in [-0.39, 0.29) is 5.91 Å². The van der Waals surface area contributed by atoms with E-state index < -0.39 is 0 Å². The molecule has 2 rings (SSSR count). The fourth-order valence-corrected chi connectivity index (χ4v) is 2.21. The molecule has 5 nitrogen and oxygen atoms in total. The van der Waals surface area contributed by atoms with Crippen molar-refractivity contribution in [3.05, 3.63) is 17.5 Å². The number of hydrogen-bond acceptors (Lipinski definition) is 3. The van der Waals surface area contributed by atoms with E-state index in [0.717, 1.165) is 38.0 Å². The van der Waals surface area contributed by atoms with Gasteiger partial charge in [0.15, 0.2) is 0 Å². The van der Waals surface area contributed by atoms with Gasteiger partial charge in [-0.2, -0.15) is 5.10 Å². The van der Waals surface area contributed by atoms with Gasteiger partial charge in [-0.15, -0.1) is 0 Å². The molecular formula is C12H20N4O. The molecule has 2 N–H and O–H groups in total. The lowest BCUT2D eigenvalue weighted by molar-refractivity contribution is 0.0692. The Balaban J connectivity index is 2.03. The first-order valence-corrected chi connectivity index (χ1v) is 6.25. The van der Waals surface area contributed by atoms with E-state index in [9.17, 15) is 4.79 Å². The number of H-pyrrole nitrogens is 1. The number of aromatic amines is 1. The average molecular weight is 236 g/mol. The molecule has 2 heterocycles. The van der Waals surface area contributed by atoms with E-state index in [0.29, 0.717) is 11.7 Å². The summed E-state index contributed by atoms with van der Waals surface area (Å²) in [6, 6.07) is 2.27. The van der Waals surface area contributed by atoms with Crippen LogP contribution in [0.25, 0.3) is 0 Å². The van der Waals surface area contributed by atoms with Crippen molar-refractivity contribution in [2.45, 2.75) is 32.2 Å². The van der Waals surface area contributed by atoms with Crippen LogP contribution in [0.2, 0.25) is 0 Å². The number of aryl methyl sites for hydroxylation is 1. The minimum atomic E-state index is 0.0425. The molecule has 0 bridgehead atoms. The fourth-order valence-electron chi connectivity index (χ4n) is 2.21. The molecule has 1 aliphatic rings. The van der Waals surface area contributed by atoms with Gasteiger partial charge in [0.05, 0.1) is 0 Å². The van der Waals surface area contributed by atoms with Crippen molar-refractivity contribution >= 4 is 5.91 Å². The zero-order valence-corrected chi connectivity index (χ0v) is 10.5. The van der Waals surface area contributed by atoms with Gasteiger partial charge in [0.1, 0.15) is 5.69 Å². The molecule has 1 amide bonds. The first-order valence-electron chi connectivity index (χ1n) is 6.25. The maximum absolute atomic E-state index is 12.2. The number of rotatable bonds is 3. The number of piperidine rings is 1. The van der Waals surface area contributed by atoms with Crippen LogP contribution in [-0.4, -0.2) is 47.2 Å². The van der Waals surface area contributed by atoms with Crippen LogP contribution in [0.15, 0.2) is 6.07 Å². The number of hydrogen-bond donors (Lipinski definition) is 2. The maximum atomic E-state index is 12.2. The molecule has 1 atom stereocenters. The second kappa shape index (κ2) is 5.31. The lowest BCUT2D eigenvalue weighted by Crippen LogP contribution is -2.47. The lowest BCUT2D eigenvalue weighted by atomic mass is 10.1. The molecule has 0 unspecified atom stereocenters. The predicted molar refractivity (Wildman–Crippen MR) is 66.0 cm³/mol. The number of carbonyl (C=O) groups excluding carboxylic acids is 1. The van der Waals surface area contributed by atoms with Crippen molar-refractivity contribution in [3.8, 4) is 0 Å². The summed E-state index contributed by atoms with van der Waals surface area (Å²) < 4.78 is 0. The molecule has 0 spiro atoms. The summed E-state index contributed by atoms with van der Waals surface area (Å²) in [7, 11) is 1.95. The molecule has 94 valence electrons. The van der Waals surface area contributed by atoms with Crippen molar-refractivity contribution in [2.75, 3.05) is 20.1 Å². The van der Waals surface area contributed by atoms with E-state index in [1.54, 1.807) is 0 Å². The van der Waals surface area contributed by atoms with Crippen LogP contribution in [0.3, 0.4) is 0 Å². The van der Waals surface area contributed by atoms with Crippen LogP contribution in [0.1, 0.15) is 35.9 Å². The van der Waals surface area contributed by atoms with E-state index in [2.05, 4.69) is 15.5 Å². The van der Waals surface area contributed by atoms with Crippen molar-refractivity contribution < 1.29 is 4.79 Å². The second-order valence-electron chi connectivity index (χ2n) is 4.51. The van der Waals surface area contributed by atoms with Crippen LogP contribution in [0.5, 0.6) is 0 Å². The molecule has 5 heteroatoms. The first kappa shape index (κ1) is 12.1. The predicted octanol–water partition coefficient (Wildman–Crippen LogP) is 0.796. The summed E-state index contributed by atoms with van der Waals surface area (Å²) in [4.78, 5) is 14.1. The number of aromatic nitrogens is 2. The third-order valence-corrected chi connectivity index (χ3v) is 3.35. The fraction of sp³-hybridized carbons (Fsp3) is 0.667. The molecule has 1 aromatic rings. The Hall–Kier alpha value is -1.36. The van der Waals surface area contributed by atoms with Crippen LogP contribution in [0.4, 0.5) is 0 Å². The van der Waals surface area contributed by atoms with Gasteiger partial charge in [0, 0.05) is 24.8 Å². The maximum Gasteiger partial charge on any atom is 0.274 e.